The Morgan fingerprint density at radius 1 is 1.50 bits per heavy atom. The summed E-state index contributed by atoms with van der Waals surface area (Å²) in [5.74, 6) is 0. The number of hydrogen-bond acceptors (Lipinski definition) is 4. The molecule has 0 aromatic carbocycles. The van der Waals surface area contributed by atoms with Gasteiger partial charge in [-0.05, 0) is 26.0 Å². The number of pyridine rings is 1. The van der Waals surface area contributed by atoms with Crippen molar-refractivity contribution in [1.29, 1.82) is 0 Å². The first-order valence-corrected chi connectivity index (χ1v) is 5.65. The van der Waals surface area contributed by atoms with Gasteiger partial charge in [0.1, 0.15) is 0 Å². The highest BCUT2D eigenvalue weighted by molar-refractivity contribution is 5.43. The minimum absolute atomic E-state index is 0.0113. The summed E-state index contributed by atoms with van der Waals surface area (Å²) in [5, 5.41) is 0. The van der Waals surface area contributed by atoms with E-state index in [0.29, 0.717) is 0 Å². The third-order valence-electron chi connectivity index (χ3n) is 2.45. The Balaban J connectivity index is 2.52. The lowest BCUT2D eigenvalue weighted by molar-refractivity contribution is 0.154. The van der Waals surface area contributed by atoms with Gasteiger partial charge < -0.3 is 15.4 Å². The average Bonchev–Trinajstić information content (AvgIpc) is 2.29. The molecule has 0 aliphatic carbocycles. The van der Waals surface area contributed by atoms with Crippen LogP contribution in [0.3, 0.4) is 0 Å². The van der Waals surface area contributed by atoms with Crippen molar-refractivity contribution >= 4 is 5.69 Å². The zero-order chi connectivity index (χ0) is 12.0. The van der Waals surface area contributed by atoms with E-state index in [1.54, 1.807) is 0 Å². The molecule has 1 atom stereocenters. The number of anilines is 1. The van der Waals surface area contributed by atoms with E-state index in [2.05, 4.69) is 9.88 Å². The second-order valence-electron chi connectivity index (χ2n) is 3.85. The molecule has 1 aromatic rings. The summed E-state index contributed by atoms with van der Waals surface area (Å²) in [4.78, 5) is 6.44. The summed E-state index contributed by atoms with van der Waals surface area (Å²) in [6, 6.07) is 4.00. The van der Waals surface area contributed by atoms with Crippen LogP contribution in [0.1, 0.15) is 25.6 Å². The van der Waals surface area contributed by atoms with E-state index in [-0.39, 0.29) is 6.04 Å². The maximum Gasteiger partial charge on any atom is 0.0641 e. The highest BCUT2D eigenvalue weighted by Crippen LogP contribution is 2.13. The number of hydrogen-bond donors (Lipinski definition) is 1. The molecule has 0 unspecified atom stereocenters. The Bertz CT molecular complexity index is 298. The van der Waals surface area contributed by atoms with Crippen LogP contribution >= 0.6 is 0 Å². The third-order valence-corrected chi connectivity index (χ3v) is 2.45. The standard InChI is InChI=1S/C12H21N3O/c1-4-16-8-7-15(3)11-5-6-12(10(2)13)14-9-11/h5-6,9-10H,4,7-8,13H2,1-3H3/t10-/m0/s1. The Hall–Kier alpha value is -1.13. The molecule has 0 bridgehead atoms. The molecule has 0 aliphatic heterocycles. The number of nitrogens with zero attached hydrogens (tertiary/aromatic N) is 2. The van der Waals surface area contributed by atoms with E-state index in [4.69, 9.17) is 10.5 Å². The molecule has 0 spiro atoms. The normalized spacial score (nSPS) is 12.5. The maximum absolute atomic E-state index is 5.74. The van der Waals surface area contributed by atoms with Crippen LogP contribution in [0.4, 0.5) is 5.69 Å². The first-order valence-electron chi connectivity index (χ1n) is 5.65. The van der Waals surface area contributed by atoms with Crippen LogP contribution in [0, 0.1) is 0 Å². The largest absolute Gasteiger partial charge is 0.380 e. The summed E-state index contributed by atoms with van der Waals surface area (Å²) in [5.41, 5.74) is 7.75. The zero-order valence-corrected chi connectivity index (χ0v) is 10.3. The van der Waals surface area contributed by atoms with Gasteiger partial charge in [0.2, 0.25) is 0 Å². The minimum Gasteiger partial charge on any atom is -0.380 e. The molecular weight excluding hydrogens is 202 g/mol. The van der Waals surface area contributed by atoms with Gasteiger partial charge in [-0.1, -0.05) is 0 Å². The molecule has 0 saturated carbocycles. The van der Waals surface area contributed by atoms with E-state index < -0.39 is 0 Å². The van der Waals surface area contributed by atoms with Crippen molar-refractivity contribution in [3.05, 3.63) is 24.0 Å². The predicted molar refractivity (Wildman–Crippen MR) is 66.6 cm³/mol. The van der Waals surface area contributed by atoms with Crippen LogP contribution in [0.5, 0.6) is 0 Å². The number of ether oxygens (including phenoxy) is 1. The molecular formula is C12H21N3O. The Morgan fingerprint density at radius 3 is 2.75 bits per heavy atom. The minimum atomic E-state index is -0.0113. The second-order valence-corrected chi connectivity index (χ2v) is 3.85. The summed E-state index contributed by atoms with van der Waals surface area (Å²) in [7, 11) is 2.03. The Labute approximate surface area is 97.4 Å². The molecule has 0 radical (unpaired) electrons. The Kier molecular flexibility index (Phi) is 5.22. The van der Waals surface area contributed by atoms with Crippen molar-refractivity contribution in [2.75, 3.05) is 31.7 Å². The van der Waals surface area contributed by atoms with Gasteiger partial charge in [-0.25, -0.2) is 0 Å². The van der Waals surface area contributed by atoms with Gasteiger partial charge in [0.05, 0.1) is 24.2 Å². The number of likely N-dealkylation sites (N-methyl/N-ethyl adjacent to an activating group) is 1. The number of rotatable bonds is 6. The molecule has 0 amide bonds. The smallest absolute Gasteiger partial charge is 0.0641 e. The lowest BCUT2D eigenvalue weighted by Crippen LogP contribution is -2.22. The zero-order valence-electron chi connectivity index (χ0n) is 10.3. The van der Waals surface area contributed by atoms with Gasteiger partial charge >= 0.3 is 0 Å². The van der Waals surface area contributed by atoms with E-state index in [0.717, 1.165) is 31.1 Å². The summed E-state index contributed by atoms with van der Waals surface area (Å²) < 4.78 is 5.31. The Morgan fingerprint density at radius 2 is 2.25 bits per heavy atom. The molecule has 2 N–H and O–H groups in total. The fraction of sp³-hybridized carbons (Fsp3) is 0.583. The third kappa shape index (κ3) is 3.79. The van der Waals surface area contributed by atoms with E-state index >= 15 is 0 Å². The fourth-order valence-corrected chi connectivity index (χ4v) is 1.37. The van der Waals surface area contributed by atoms with Crippen LogP contribution in [0.15, 0.2) is 18.3 Å². The maximum atomic E-state index is 5.74. The lowest BCUT2D eigenvalue weighted by Gasteiger charge is -2.19. The van der Waals surface area contributed by atoms with Crippen molar-refractivity contribution in [2.24, 2.45) is 5.73 Å². The molecule has 4 heteroatoms. The molecule has 4 nitrogen and oxygen atoms in total. The quantitative estimate of drug-likeness (QED) is 0.744. The van der Waals surface area contributed by atoms with Gasteiger partial charge in [-0.3, -0.25) is 4.98 Å². The molecule has 1 heterocycles. The molecule has 16 heavy (non-hydrogen) atoms. The van der Waals surface area contributed by atoms with Gasteiger partial charge in [0.15, 0.2) is 0 Å². The molecule has 90 valence electrons. The highest BCUT2D eigenvalue weighted by Gasteiger charge is 2.03. The molecule has 1 aromatic heterocycles. The van der Waals surface area contributed by atoms with Crippen LogP contribution in [-0.2, 0) is 4.74 Å². The number of aromatic nitrogens is 1. The van der Waals surface area contributed by atoms with Crippen molar-refractivity contribution < 1.29 is 4.74 Å². The average molecular weight is 223 g/mol. The first-order chi connectivity index (χ1) is 7.65. The van der Waals surface area contributed by atoms with Crippen LogP contribution in [0.25, 0.3) is 0 Å². The SMILES string of the molecule is CCOCCN(C)c1ccc([C@H](C)N)nc1. The van der Waals surface area contributed by atoms with Crippen LogP contribution in [0.2, 0.25) is 0 Å². The fourth-order valence-electron chi connectivity index (χ4n) is 1.37. The second kappa shape index (κ2) is 6.45. The van der Waals surface area contributed by atoms with E-state index in [9.17, 15) is 0 Å². The van der Waals surface area contributed by atoms with Gasteiger partial charge in [0, 0.05) is 26.2 Å². The van der Waals surface area contributed by atoms with E-state index in [1.165, 1.54) is 0 Å². The van der Waals surface area contributed by atoms with Crippen molar-refractivity contribution in [2.45, 2.75) is 19.9 Å². The van der Waals surface area contributed by atoms with Crippen molar-refractivity contribution in [3.8, 4) is 0 Å². The summed E-state index contributed by atoms with van der Waals surface area (Å²) in [6.45, 7) is 6.30. The van der Waals surface area contributed by atoms with Gasteiger partial charge in [0.25, 0.3) is 0 Å². The van der Waals surface area contributed by atoms with Gasteiger partial charge in [-0.15, -0.1) is 0 Å². The molecule has 0 fully saturated rings. The summed E-state index contributed by atoms with van der Waals surface area (Å²) >= 11 is 0. The number of nitrogens with two attached hydrogens (primary N) is 1. The molecule has 1 rings (SSSR count). The van der Waals surface area contributed by atoms with E-state index in [1.807, 2.05) is 39.2 Å². The topological polar surface area (TPSA) is 51.4 Å². The predicted octanol–water partition coefficient (Wildman–Crippen LogP) is 1.57. The van der Waals surface area contributed by atoms with Crippen LogP contribution < -0.4 is 10.6 Å². The first kappa shape index (κ1) is 12.9. The highest BCUT2D eigenvalue weighted by atomic mass is 16.5. The summed E-state index contributed by atoms with van der Waals surface area (Å²) in [6.07, 6.45) is 1.85. The van der Waals surface area contributed by atoms with Crippen LogP contribution in [-0.4, -0.2) is 31.8 Å². The molecule has 0 saturated heterocycles. The molecule has 0 aliphatic rings. The van der Waals surface area contributed by atoms with Gasteiger partial charge in [-0.2, -0.15) is 0 Å². The monoisotopic (exact) mass is 223 g/mol. The van der Waals surface area contributed by atoms with Crippen molar-refractivity contribution in [3.63, 3.8) is 0 Å². The lowest BCUT2D eigenvalue weighted by atomic mass is 10.2. The van der Waals surface area contributed by atoms with Crippen molar-refractivity contribution in [1.82, 2.24) is 4.98 Å².